The van der Waals surface area contributed by atoms with Crippen LogP contribution in [0.3, 0.4) is 0 Å². The van der Waals surface area contributed by atoms with Crippen molar-refractivity contribution in [3.63, 3.8) is 0 Å². The lowest BCUT2D eigenvalue weighted by Crippen LogP contribution is -2.23. The predicted molar refractivity (Wildman–Crippen MR) is 90.8 cm³/mol. The molecule has 0 saturated heterocycles. The maximum Gasteiger partial charge on any atom is 0.232 e. The van der Waals surface area contributed by atoms with Gasteiger partial charge in [0.1, 0.15) is 0 Å². The number of Topliss-reactive ketones (excluding diaryl/α,β-unsaturated/α-hetero) is 1. The van der Waals surface area contributed by atoms with E-state index in [1.165, 1.54) is 34.9 Å². The molecule has 1 aromatic heterocycles. The quantitative estimate of drug-likeness (QED) is 0.563. The number of thioether (sulfide) groups is 2. The SMILES string of the molecule is CN(C)C(=O)CSc1nnc(SCC(=O)c2ccccc2)s1. The number of hydrogen-bond donors (Lipinski definition) is 0. The van der Waals surface area contributed by atoms with Gasteiger partial charge in [-0.1, -0.05) is 65.2 Å². The van der Waals surface area contributed by atoms with Gasteiger partial charge in [-0.15, -0.1) is 10.2 Å². The summed E-state index contributed by atoms with van der Waals surface area (Å²) in [6.07, 6.45) is 0. The standard InChI is InChI=1S/C14H15N3O2S3/c1-17(2)12(19)9-21-14-16-15-13(22-14)20-8-11(18)10-6-4-3-5-7-10/h3-7H,8-9H2,1-2H3. The van der Waals surface area contributed by atoms with Crippen LogP contribution in [-0.2, 0) is 4.79 Å². The van der Waals surface area contributed by atoms with E-state index in [4.69, 9.17) is 0 Å². The van der Waals surface area contributed by atoms with Gasteiger partial charge in [-0.05, 0) is 0 Å². The van der Waals surface area contributed by atoms with Crippen molar-refractivity contribution >= 4 is 46.6 Å². The Kier molecular flexibility index (Phi) is 6.41. The van der Waals surface area contributed by atoms with E-state index in [-0.39, 0.29) is 11.7 Å². The van der Waals surface area contributed by atoms with Gasteiger partial charge in [-0.25, -0.2) is 0 Å². The van der Waals surface area contributed by atoms with E-state index < -0.39 is 0 Å². The normalized spacial score (nSPS) is 10.5. The first kappa shape index (κ1) is 17.0. The lowest BCUT2D eigenvalue weighted by molar-refractivity contribution is -0.125. The summed E-state index contributed by atoms with van der Waals surface area (Å²) < 4.78 is 1.48. The van der Waals surface area contributed by atoms with Crippen molar-refractivity contribution in [3.05, 3.63) is 35.9 Å². The Morgan fingerprint density at radius 1 is 1.05 bits per heavy atom. The number of rotatable bonds is 7. The summed E-state index contributed by atoms with van der Waals surface area (Å²) in [7, 11) is 3.44. The summed E-state index contributed by atoms with van der Waals surface area (Å²) in [6.45, 7) is 0. The van der Waals surface area contributed by atoms with Gasteiger partial charge in [0.2, 0.25) is 5.91 Å². The third-order valence-electron chi connectivity index (χ3n) is 2.63. The van der Waals surface area contributed by atoms with Crippen molar-refractivity contribution in [2.24, 2.45) is 0 Å². The molecule has 2 aromatic rings. The first-order chi connectivity index (χ1) is 10.6. The van der Waals surface area contributed by atoms with Crippen LogP contribution in [0.4, 0.5) is 0 Å². The van der Waals surface area contributed by atoms with E-state index in [9.17, 15) is 9.59 Å². The van der Waals surface area contributed by atoms with Crippen LogP contribution in [0.25, 0.3) is 0 Å². The van der Waals surface area contributed by atoms with Gasteiger partial charge in [0.05, 0.1) is 11.5 Å². The van der Waals surface area contributed by atoms with Crippen molar-refractivity contribution in [3.8, 4) is 0 Å². The molecule has 0 aliphatic rings. The summed E-state index contributed by atoms with van der Waals surface area (Å²) in [5.41, 5.74) is 0.700. The van der Waals surface area contributed by atoms with E-state index in [2.05, 4.69) is 10.2 Å². The maximum atomic E-state index is 12.0. The minimum absolute atomic E-state index is 0.0358. The second-order valence-electron chi connectivity index (χ2n) is 4.49. The topological polar surface area (TPSA) is 63.2 Å². The number of hydrogen-bond acceptors (Lipinski definition) is 7. The molecule has 0 atom stereocenters. The van der Waals surface area contributed by atoms with Gasteiger partial charge in [-0.2, -0.15) is 0 Å². The minimum Gasteiger partial charge on any atom is -0.348 e. The number of benzene rings is 1. The van der Waals surface area contributed by atoms with Crippen molar-refractivity contribution in [2.75, 3.05) is 25.6 Å². The number of carbonyl (C=O) groups excluding carboxylic acids is 2. The Bertz CT molecular complexity index is 644. The van der Waals surface area contributed by atoms with Gasteiger partial charge in [0.25, 0.3) is 0 Å². The third-order valence-corrected chi connectivity index (χ3v) is 5.80. The Balaban J connectivity index is 1.82. The van der Waals surface area contributed by atoms with Gasteiger partial charge in [0, 0.05) is 19.7 Å². The van der Waals surface area contributed by atoms with Crippen molar-refractivity contribution in [2.45, 2.75) is 8.68 Å². The minimum atomic E-state index is 0.0358. The molecule has 0 spiro atoms. The van der Waals surface area contributed by atoms with E-state index in [1.54, 1.807) is 31.1 Å². The molecule has 0 saturated carbocycles. The van der Waals surface area contributed by atoms with Gasteiger partial charge in [0.15, 0.2) is 14.5 Å². The highest BCUT2D eigenvalue weighted by Gasteiger charge is 2.12. The summed E-state index contributed by atoms with van der Waals surface area (Å²) in [5.74, 6) is 0.779. The molecule has 2 rings (SSSR count). The average molecular weight is 353 g/mol. The lowest BCUT2D eigenvalue weighted by atomic mass is 10.2. The molecule has 1 aromatic carbocycles. The van der Waals surface area contributed by atoms with E-state index in [0.717, 1.165) is 8.68 Å². The smallest absolute Gasteiger partial charge is 0.232 e. The zero-order chi connectivity index (χ0) is 15.9. The van der Waals surface area contributed by atoms with E-state index >= 15 is 0 Å². The fourth-order valence-electron chi connectivity index (χ4n) is 1.40. The fraction of sp³-hybridized carbons (Fsp3) is 0.286. The lowest BCUT2D eigenvalue weighted by Gasteiger charge is -2.07. The highest BCUT2D eigenvalue weighted by atomic mass is 32.2. The molecule has 0 fully saturated rings. The number of amides is 1. The van der Waals surface area contributed by atoms with Crippen LogP contribution in [0.5, 0.6) is 0 Å². The molecule has 0 bridgehead atoms. The molecule has 8 heteroatoms. The number of aromatic nitrogens is 2. The predicted octanol–water partition coefficient (Wildman–Crippen LogP) is 2.69. The Labute approximate surface area is 141 Å². The van der Waals surface area contributed by atoms with E-state index in [1.807, 2.05) is 18.2 Å². The number of carbonyl (C=O) groups is 2. The summed E-state index contributed by atoms with van der Waals surface area (Å²) in [6, 6.07) is 9.18. The first-order valence-corrected chi connectivity index (χ1v) is 9.22. The monoisotopic (exact) mass is 353 g/mol. The van der Waals surface area contributed by atoms with Crippen LogP contribution < -0.4 is 0 Å². The molecule has 22 heavy (non-hydrogen) atoms. The highest BCUT2D eigenvalue weighted by molar-refractivity contribution is 8.03. The molecule has 0 radical (unpaired) electrons. The van der Waals surface area contributed by atoms with E-state index in [0.29, 0.717) is 17.1 Å². The second kappa shape index (κ2) is 8.30. The van der Waals surface area contributed by atoms with Crippen LogP contribution in [0, 0.1) is 0 Å². The average Bonchev–Trinajstić information content (AvgIpc) is 2.99. The highest BCUT2D eigenvalue weighted by Crippen LogP contribution is 2.29. The largest absolute Gasteiger partial charge is 0.348 e. The summed E-state index contributed by atoms with van der Waals surface area (Å²) in [5, 5.41) is 8.06. The fourth-order valence-corrected chi connectivity index (χ4v) is 4.29. The van der Waals surface area contributed by atoms with Crippen molar-refractivity contribution in [1.29, 1.82) is 0 Å². The van der Waals surface area contributed by atoms with Crippen molar-refractivity contribution in [1.82, 2.24) is 15.1 Å². The third kappa shape index (κ3) is 5.11. The Morgan fingerprint density at radius 2 is 1.64 bits per heavy atom. The molecule has 0 aliphatic carbocycles. The molecular formula is C14H15N3O2S3. The summed E-state index contributed by atoms with van der Waals surface area (Å²) in [4.78, 5) is 25.0. The van der Waals surface area contributed by atoms with Crippen LogP contribution >= 0.6 is 34.9 Å². The maximum absolute atomic E-state index is 12.0. The molecule has 0 unspecified atom stereocenters. The van der Waals surface area contributed by atoms with Crippen LogP contribution in [0.2, 0.25) is 0 Å². The Hall–Kier alpha value is -1.38. The summed E-state index contributed by atoms with van der Waals surface area (Å²) >= 11 is 4.14. The molecule has 116 valence electrons. The molecule has 1 amide bonds. The Morgan fingerprint density at radius 3 is 2.23 bits per heavy atom. The van der Waals surface area contributed by atoms with Crippen molar-refractivity contribution < 1.29 is 9.59 Å². The number of nitrogens with zero attached hydrogens (tertiary/aromatic N) is 3. The number of ketones is 1. The molecule has 1 heterocycles. The van der Waals surface area contributed by atoms with Crippen LogP contribution in [0.15, 0.2) is 39.0 Å². The van der Waals surface area contributed by atoms with Gasteiger partial charge in [-0.3, -0.25) is 9.59 Å². The second-order valence-corrected chi connectivity index (χ2v) is 7.91. The first-order valence-electron chi connectivity index (χ1n) is 6.44. The van der Waals surface area contributed by atoms with Gasteiger partial charge >= 0.3 is 0 Å². The molecule has 0 N–H and O–H groups in total. The molecular weight excluding hydrogens is 338 g/mol. The molecule has 0 aliphatic heterocycles. The zero-order valence-electron chi connectivity index (χ0n) is 12.2. The van der Waals surface area contributed by atoms with Gasteiger partial charge < -0.3 is 4.90 Å². The molecule has 5 nitrogen and oxygen atoms in total. The van der Waals surface area contributed by atoms with Crippen LogP contribution in [-0.4, -0.2) is 52.4 Å². The van der Waals surface area contributed by atoms with Crippen LogP contribution in [0.1, 0.15) is 10.4 Å². The zero-order valence-corrected chi connectivity index (χ0v) is 14.6.